The van der Waals surface area contributed by atoms with E-state index in [0.717, 1.165) is 64.2 Å². The summed E-state index contributed by atoms with van der Waals surface area (Å²) in [6, 6.07) is -1.25. The zero-order chi connectivity index (χ0) is 46.0. The van der Waals surface area contributed by atoms with E-state index in [2.05, 4.69) is 25.7 Å². The number of hydrogen-bond donors (Lipinski definition) is 4. The zero-order valence-corrected chi connectivity index (χ0v) is 36.9. The second-order valence-electron chi connectivity index (χ2n) is 17.4. The van der Waals surface area contributed by atoms with Crippen LogP contribution in [-0.2, 0) is 47.8 Å². The molecule has 1 aliphatic heterocycles. The lowest BCUT2D eigenvalue weighted by atomic mass is 9.75. The number of ether oxygens (including phenoxy) is 2. The molecule has 1 saturated heterocycles. The molecule has 0 bridgehead atoms. The Kier molecular flexibility index (Phi) is 20.4. The van der Waals surface area contributed by atoms with Crippen LogP contribution in [0, 0.1) is 23.2 Å². The number of aromatic nitrogens is 1. The minimum Gasteiger partial charge on any atom is -0.478 e. The number of amides is 4. The highest BCUT2D eigenvalue weighted by molar-refractivity contribution is 6.02. The SMILES string of the molecule is COC(=O)/C=C/CC[C@H](NC(C)=O)C(=O)N[C@H](C(=O)N1CC(=O)C[C@H]1C(=O)N[C@H](C(=O)C[C@H](C(=O)OC)C1CCCCC1)C1CCCCC1)C(C)(C)C.O=C(O)c1cccnc1. The average molecular weight is 868 g/mol. The summed E-state index contributed by atoms with van der Waals surface area (Å²) < 4.78 is 9.70. The van der Waals surface area contributed by atoms with Crippen molar-refractivity contribution in [2.75, 3.05) is 20.8 Å². The third kappa shape index (κ3) is 15.8. The molecule has 2 saturated carbocycles. The van der Waals surface area contributed by atoms with Crippen molar-refractivity contribution in [2.45, 2.75) is 142 Å². The van der Waals surface area contributed by atoms with Gasteiger partial charge in [-0.25, -0.2) is 9.59 Å². The Morgan fingerprint density at radius 1 is 0.903 bits per heavy atom. The van der Waals surface area contributed by atoms with Crippen molar-refractivity contribution in [1.29, 1.82) is 0 Å². The number of allylic oxidation sites excluding steroid dienone is 1. The molecule has 0 aromatic carbocycles. The summed E-state index contributed by atoms with van der Waals surface area (Å²) in [5, 5.41) is 16.6. The van der Waals surface area contributed by atoms with Crippen LogP contribution in [0.25, 0.3) is 0 Å². The van der Waals surface area contributed by atoms with Gasteiger partial charge in [-0.1, -0.05) is 65.4 Å². The summed E-state index contributed by atoms with van der Waals surface area (Å²) in [6.07, 6.45) is 14.6. The van der Waals surface area contributed by atoms with E-state index in [4.69, 9.17) is 9.84 Å². The molecule has 4 rings (SSSR count). The highest BCUT2D eigenvalue weighted by Gasteiger charge is 2.46. The van der Waals surface area contributed by atoms with Gasteiger partial charge in [0, 0.05) is 38.2 Å². The maximum atomic E-state index is 14.3. The summed E-state index contributed by atoms with van der Waals surface area (Å²) in [4.78, 5) is 120. The van der Waals surface area contributed by atoms with Crippen LogP contribution in [0.1, 0.15) is 128 Å². The monoisotopic (exact) mass is 867 g/mol. The van der Waals surface area contributed by atoms with Crippen LogP contribution < -0.4 is 16.0 Å². The molecule has 0 unspecified atom stereocenters. The Balaban J connectivity index is 0.00000100. The fraction of sp³-hybridized carbons (Fsp3) is 0.644. The lowest BCUT2D eigenvalue weighted by Gasteiger charge is -2.37. The molecule has 4 N–H and O–H groups in total. The zero-order valence-electron chi connectivity index (χ0n) is 36.9. The number of hydrogen-bond acceptors (Lipinski definition) is 12. The standard InChI is InChI=1S/C39H60N4O10.C6H5NO2/c1-24(44)40-29(19-13-14-20-32(47)52-5)35(48)42-34(39(2,3)4)37(50)43-23-27(45)21-30(43)36(49)41-33(26-17-11-8-12-18-26)31(46)22-28(38(51)53-6)25-15-9-7-10-16-25;8-6(9)5-2-1-3-7-4-5/h14,20,25-26,28-30,33-34H,7-13,15-19,21-23H2,1-6H3,(H,40,44)(H,41,49)(H,42,48);1-4H,(H,8,9)/b20-14+;/t28-,29-,30-,33-,34+;/m0./s1. The highest BCUT2D eigenvalue weighted by atomic mass is 16.5. The summed E-state index contributed by atoms with van der Waals surface area (Å²) in [6.45, 7) is 6.11. The first-order valence-electron chi connectivity index (χ1n) is 21.6. The molecule has 4 amide bonds. The van der Waals surface area contributed by atoms with Crippen LogP contribution in [0.4, 0.5) is 0 Å². The molecule has 1 aromatic rings. The third-order valence-corrected chi connectivity index (χ3v) is 11.7. The summed E-state index contributed by atoms with van der Waals surface area (Å²) in [5.74, 6) is -5.66. The van der Waals surface area contributed by atoms with Gasteiger partial charge in [-0.2, -0.15) is 0 Å². The number of pyridine rings is 1. The number of Topliss-reactive ketones (excluding diaryl/α,β-unsaturated/α-hetero) is 2. The number of nitrogens with one attached hydrogen (secondary N) is 3. The third-order valence-electron chi connectivity index (χ3n) is 11.7. The molecule has 342 valence electrons. The molecule has 2 aliphatic carbocycles. The second-order valence-corrected chi connectivity index (χ2v) is 17.4. The molecular weight excluding hydrogens is 803 g/mol. The van der Waals surface area contributed by atoms with Crippen molar-refractivity contribution in [3.05, 3.63) is 42.2 Å². The molecule has 0 radical (unpaired) electrons. The highest BCUT2D eigenvalue weighted by Crippen LogP contribution is 2.35. The van der Waals surface area contributed by atoms with E-state index in [1.165, 1.54) is 56.7 Å². The predicted octanol–water partition coefficient (Wildman–Crippen LogP) is 3.88. The van der Waals surface area contributed by atoms with Crippen LogP contribution in [0.2, 0.25) is 0 Å². The first-order chi connectivity index (χ1) is 29.4. The van der Waals surface area contributed by atoms with E-state index in [-0.39, 0.29) is 61.2 Å². The van der Waals surface area contributed by atoms with Gasteiger partial charge in [-0.15, -0.1) is 0 Å². The predicted molar refractivity (Wildman–Crippen MR) is 226 cm³/mol. The van der Waals surface area contributed by atoms with Gasteiger partial charge in [0.25, 0.3) is 0 Å². The normalized spacial score (nSPS) is 19.2. The van der Waals surface area contributed by atoms with Crippen molar-refractivity contribution >= 4 is 53.1 Å². The van der Waals surface area contributed by atoms with Crippen molar-refractivity contribution < 1.29 is 57.7 Å². The molecule has 17 nitrogen and oxygen atoms in total. The van der Waals surface area contributed by atoms with E-state index in [1.807, 2.05) is 0 Å². The minimum atomic E-state index is -1.21. The first-order valence-corrected chi connectivity index (χ1v) is 21.6. The van der Waals surface area contributed by atoms with Crippen molar-refractivity contribution in [3.63, 3.8) is 0 Å². The largest absolute Gasteiger partial charge is 0.478 e. The number of carboxylic acid groups (broad SMARTS) is 1. The van der Waals surface area contributed by atoms with E-state index >= 15 is 0 Å². The number of carboxylic acids is 1. The number of carbonyl (C=O) groups excluding carboxylic acids is 8. The maximum absolute atomic E-state index is 14.3. The number of carbonyl (C=O) groups is 9. The Labute approximate surface area is 363 Å². The number of methoxy groups -OCH3 is 2. The molecular formula is C45H65N5O12. The number of rotatable bonds is 17. The van der Waals surface area contributed by atoms with Gasteiger partial charge in [0.1, 0.15) is 18.1 Å². The molecule has 3 aliphatic rings. The van der Waals surface area contributed by atoms with Crippen LogP contribution in [0.15, 0.2) is 36.7 Å². The number of esters is 2. The lowest BCUT2D eigenvalue weighted by molar-refractivity contribution is -0.150. The smallest absolute Gasteiger partial charge is 0.337 e. The first kappa shape index (κ1) is 50.9. The Hall–Kier alpha value is -5.48. The molecule has 0 spiro atoms. The van der Waals surface area contributed by atoms with Crippen LogP contribution in [0.3, 0.4) is 0 Å². The van der Waals surface area contributed by atoms with Crippen molar-refractivity contribution in [1.82, 2.24) is 25.8 Å². The fourth-order valence-corrected chi connectivity index (χ4v) is 8.38. The second kappa shape index (κ2) is 24.8. The molecule has 5 atom stereocenters. The van der Waals surface area contributed by atoms with E-state index in [1.54, 1.807) is 26.8 Å². The van der Waals surface area contributed by atoms with E-state index in [9.17, 15) is 43.2 Å². The minimum absolute atomic E-state index is 0.0227. The van der Waals surface area contributed by atoms with Crippen molar-refractivity contribution in [3.8, 4) is 0 Å². The summed E-state index contributed by atoms with van der Waals surface area (Å²) >= 11 is 0. The number of ketones is 2. The van der Waals surface area contributed by atoms with Gasteiger partial charge < -0.3 is 35.4 Å². The van der Waals surface area contributed by atoms with Gasteiger partial charge in [0.15, 0.2) is 11.6 Å². The van der Waals surface area contributed by atoms with Gasteiger partial charge in [0.05, 0.1) is 38.3 Å². The number of aromatic carboxylic acids is 1. The topological polar surface area (TPSA) is 245 Å². The number of likely N-dealkylation sites (tertiary alicyclic amines) is 1. The Morgan fingerprint density at radius 2 is 1.53 bits per heavy atom. The van der Waals surface area contributed by atoms with Crippen LogP contribution in [0.5, 0.6) is 0 Å². The lowest BCUT2D eigenvalue weighted by Crippen LogP contribution is -2.61. The number of nitrogens with zero attached hydrogens (tertiary/aromatic N) is 2. The molecule has 1 aromatic heterocycles. The molecule has 62 heavy (non-hydrogen) atoms. The van der Waals surface area contributed by atoms with Gasteiger partial charge in [-0.05, 0) is 67.9 Å². The van der Waals surface area contributed by atoms with Crippen LogP contribution in [-0.4, -0.2) is 113 Å². The summed E-state index contributed by atoms with van der Waals surface area (Å²) in [5.41, 5.74) is -0.661. The molecule has 3 fully saturated rings. The Bertz CT molecular complexity index is 1770. The van der Waals surface area contributed by atoms with E-state index in [0.29, 0.717) is 0 Å². The fourth-order valence-electron chi connectivity index (χ4n) is 8.38. The van der Waals surface area contributed by atoms with Gasteiger partial charge in [0.2, 0.25) is 23.6 Å². The average Bonchev–Trinajstić information content (AvgIpc) is 3.66. The molecule has 17 heteroatoms. The Morgan fingerprint density at radius 3 is 2.05 bits per heavy atom. The maximum Gasteiger partial charge on any atom is 0.337 e. The quantitative estimate of drug-likeness (QED) is 0.129. The molecule has 2 heterocycles. The van der Waals surface area contributed by atoms with Gasteiger partial charge in [-0.3, -0.25) is 38.5 Å². The van der Waals surface area contributed by atoms with Gasteiger partial charge >= 0.3 is 17.9 Å². The van der Waals surface area contributed by atoms with E-state index < -0.39 is 77.0 Å². The summed E-state index contributed by atoms with van der Waals surface area (Å²) in [7, 11) is 2.56. The van der Waals surface area contributed by atoms with Crippen molar-refractivity contribution in [2.24, 2.45) is 23.2 Å². The van der Waals surface area contributed by atoms with Crippen LogP contribution >= 0.6 is 0 Å².